The van der Waals surface area contributed by atoms with Gasteiger partial charge in [-0.1, -0.05) is 41.1 Å². The van der Waals surface area contributed by atoms with Gasteiger partial charge in [0.25, 0.3) is 0 Å². The summed E-state index contributed by atoms with van der Waals surface area (Å²) in [6.07, 6.45) is 0. The molecule has 0 bridgehead atoms. The summed E-state index contributed by atoms with van der Waals surface area (Å²) in [5, 5.41) is 3.46. The van der Waals surface area contributed by atoms with Gasteiger partial charge in [-0.2, -0.15) is 0 Å². The maximum absolute atomic E-state index is 3.62. The molecule has 1 rings (SSSR count). The number of aryl methyl sites for hydroxylation is 1. The Morgan fingerprint density at radius 3 is 2.81 bits per heavy atom. The number of likely N-dealkylation sites (N-methyl/N-ethyl adjacent to an activating group) is 1. The molecular formula is C13H21BrN2. The first-order valence-electron chi connectivity index (χ1n) is 5.78. The molecule has 90 valence electrons. The van der Waals surface area contributed by atoms with E-state index in [4.69, 9.17) is 0 Å². The molecule has 0 atom stereocenters. The van der Waals surface area contributed by atoms with E-state index in [-0.39, 0.29) is 0 Å². The zero-order chi connectivity index (χ0) is 12.0. The molecule has 0 unspecified atom stereocenters. The highest BCUT2D eigenvalue weighted by Gasteiger charge is 2.01. The van der Waals surface area contributed by atoms with Gasteiger partial charge < -0.3 is 10.2 Å². The van der Waals surface area contributed by atoms with Crippen LogP contribution in [0.1, 0.15) is 18.1 Å². The lowest BCUT2D eigenvalue weighted by molar-refractivity contribution is 0.349. The van der Waals surface area contributed by atoms with E-state index in [1.165, 1.54) is 15.6 Å². The highest BCUT2D eigenvalue weighted by molar-refractivity contribution is 9.10. The topological polar surface area (TPSA) is 15.3 Å². The Labute approximate surface area is 107 Å². The van der Waals surface area contributed by atoms with Crippen molar-refractivity contribution in [3.8, 4) is 0 Å². The predicted octanol–water partition coefficient (Wildman–Crippen LogP) is 2.80. The number of hydrogen-bond acceptors (Lipinski definition) is 2. The van der Waals surface area contributed by atoms with Crippen molar-refractivity contribution >= 4 is 15.9 Å². The summed E-state index contributed by atoms with van der Waals surface area (Å²) in [6.45, 7) is 8.47. The fraction of sp³-hybridized carbons (Fsp3) is 0.538. The molecule has 0 fully saturated rings. The molecule has 0 heterocycles. The Kier molecular flexibility index (Phi) is 6.03. The van der Waals surface area contributed by atoms with Crippen molar-refractivity contribution in [3.05, 3.63) is 33.8 Å². The van der Waals surface area contributed by atoms with Crippen molar-refractivity contribution in [3.63, 3.8) is 0 Å². The van der Waals surface area contributed by atoms with Gasteiger partial charge in [0.2, 0.25) is 0 Å². The van der Waals surface area contributed by atoms with Crippen molar-refractivity contribution in [1.82, 2.24) is 10.2 Å². The number of halogens is 1. The van der Waals surface area contributed by atoms with Crippen molar-refractivity contribution in [2.24, 2.45) is 0 Å². The van der Waals surface area contributed by atoms with E-state index in [0.717, 1.165) is 26.2 Å². The molecule has 0 aromatic heterocycles. The van der Waals surface area contributed by atoms with Gasteiger partial charge in [-0.05, 0) is 31.6 Å². The zero-order valence-electron chi connectivity index (χ0n) is 10.4. The van der Waals surface area contributed by atoms with Crippen LogP contribution in [0.15, 0.2) is 22.7 Å². The highest BCUT2D eigenvalue weighted by Crippen LogP contribution is 2.20. The van der Waals surface area contributed by atoms with Crippen LogP contribution in [0.3, 0.4) is 0 Å². The average Bonchev–Trinajstić information content (AvgIpc) is 2.29. The van der Waals surface area contributed by atoms with Gasteiger partial charge >= 0.3 is 0 Å². The van der Waals surface area contributed by atoms with Gasteiger partial charge in [0.15, 0.2) is 0 Å². The minimum Gasteiger partial charge on any atom is -0.311 e. The first kappa shape index (κ1) is 13.7. The molecule has 0 aliphatic carbocycles. The van der Waals surface area contributed by atoms with Crippen molar-refractivity contribution in [2.45, 2.75) is 20.4 Å². The van der Waals surface area contributed by atoms with Crippen molar-refractivity contribution < 1.29 is 0 Å². The maximum atomic E-state index is 3.62. The Bertz CT molecular complexity index is 326. The summed E-state index contributed by atoms with van der Waals surface area (Å²) >= 11 is 3.62. The van der Waals surface area contributed by atoms with E-state index in [0.29, 0.717) is 0 Å². The lowest BCUT2D eigenvalue weighted by Gasteiger charge is -2.14. The second kappa shape index (κ2) is 7.05. The summed E-state index contributed by atoms with van der Waals surface area (Å²) < 4.78 is 1.23. The molecule has 0 amide bonds. The van der Waals surface area contributed by atoms with Gasteiger partial charge in [0, 0.05) is 24.1 Å². The smallest absolute Gasteiger partial charge is 0.0249 e. The van der Waals surface area contributed by atoms with Crippen LogP contribution in [-0.4, -0.2) is 31.6 Å². The maximum Gasteiger partial charge on any atom is 0.0249 e. The van der Waals surface area contributed by atoms with Crippen molar-refractivity contribution in [1.29, 1.82) is 0 Å². The van der Waals surface area contributed by atoms with E-state index >= 15 is 0 Å². The van der Waals surface area contributed by atoms with Crippen LogP contribution in [0, 0.1) is 6.92 Å². The van der Waals surface area contributed by atoms with E-state index in [1.807, 2.05) is 0 Å². The number of nitrogens with one attached hydrogen (secondary N) is 1. The van der Waals surface area contributed by atoms with Crippen molar-refractivity contribution in [2.75, 3.05) is 26.7 Å². The summed E-state index contributed by atoms with van der Waals surface area (Å²) in [7, 11) is 2.14. The number of hydrogen-bond donors (Lipinski definition) is 1. The minimum absolute atomic E-state index is 0.930. The minimum atomic E-state index is 0.930. The lowest BCUT2D eigenvalue weighted by atomic mass is 10.1. The molecule has 0 aliphatic heterocycles. The van der Waals surface area contributed by atoms with Crippen LogP contribution >= 0.6 is 15.9 Å². The average molecular weight is 285 g/mol. The third kappa shape index (κ3) is 4.24. The fourth-order valence-electron chi connectivity index (χ4n) is 1.50. The molecule has 0 radical (unpaired) electrons. The first-order chi connectivity index (χ1) is 7.65. The SMILES string of the molecule is CCN(C)CCNCc1cccc(C)c1Br. The molecule has 3 heteroatoms. The molecule has 1 aromatic carbocycles. The highest BCUT2D eigenvalue weighted by atomic mass is 79.9. The molecular weight excluding hydrogens is 264 g/mol. The second-order valence-corrected chi connectivity index (χ2v) is 4.91. The Morgan fingerprint density at radius 2 is 2.12 bits per heavy atom. The monoisotopic (exact) mass is 284 g/mol. The number of nitrogens with zero attached hydrogens (tertiary/aromatic N) is 1. The Balaban J connectivity index is 2.35. The fourth-order valence-corrected chi connectivity index (χ4v) is 1.90. The van der Waals surface area contributed by atoms with Crippen LogP contribution in [0.5, 0.6) is 0 Å². The summed E-state index contributed by atoms with van der Waals surface area (Å²) in [5.74, 6) is 0. The molecule has 0 aliphatic rings. The van der Waals surface area contributed by atoms with E-state index < -0.39 is 0 Å². The number of benzene rings is 1. The third-order valence-electron chi connectivity index (χ3n) is 2.80. The van der Waals surface area contributed by atoms with Crippen LogP contribution in [-0.2, 0) is 6.54 Å². The standard InChI is InChI=1S/C13H21BrN2/c1-4-16(3)9-8-15-10-12-7-5-6-11(2)13(12)14/h5-7,15H,4,8-10H2,1-3H3. The van der Waals surface area contributed by atoms with Crippen LogP contribution in [0.2, 0.25) is 0 Å². The second-order valence-electron chi connectivity index (χ2n) is 4.12. The third-order valence-corrected chi connectivity index (χ3v) is 3.93. The molecule has 16 heavy (non-hydrogen) atoms. The zero-order valence-corrected chi connectivity index (χ0v) is 12.0. The van der Waals surface area contributed by atoms with Gasteiger partial charge in [-0.25, -0.2) is 0 Å². The quantitative estimate of drug-likeness (QED) is 0.809. The summed E-state index contributed by atoms with van der Waals surface area (Å²) in [6, 6.07) is 6.39. The van der Waals surface area contributed by atoms with Crippen LogP contribution in [0.25, 0.3) is 0 Å². The predicted molar refractivity (Wildman–Crippen MR) is 73.8 cm³/mol. The summed E-state index contributed by atoms with van der Waals surface area (Å²) in [5.41, 5.74) is 2.63. The Hall–Kier alpha value is -0.380. The normalized spacial score (nSPS) is 11.1. The van der Waals surface area contributed by atoms with Gasteiger partial charge in [-0.15, -0.1) is 0 Å². The molecule has 2 nitrogen and oxygen atoms in total. The first-order valence-corrected chi connectivity index (χ1v) is 6.57. The lowest BCUT2D eigenvalue weighted by Crippen LogP contribution is -2.28. The number of rotatable bonds is 6. The van der Waals surface area contributed by atoms with Crippen LogP contribution in [0.4, 0.5) is 0 Å². The van der Waals surface area contributed by atoms with Crippen LogP contribution < -0.4 is 5.32 Å². The largest absolute Gasteiger partial charge is 0.311 e. The van der Waals surface area contributed by atoms with E-state index in [1.54, 1.807) is 0 Å². The van der Waals surface area contributed by atoms with E-state index in [9.17, 15) is 0 Å². The van der Waals surface area contributed by atoms with Gasteiger partial charge in [0.1, 0.15) is 0 Å². The molecule has 0 saturated heterocycles. The molecule has 1 aromatic rings. The van der Waals surface area contributed by atoms with Gasteiger partial charge in [-0.3, -0.25) is 0 Å². The molecule has 1 N–H and O–H groups in total. The van der Waals surface area contributed by atoms with E-state index in [2.05, 4.69) is 65.2 Å². The molecule has 0 spiro atoms. The molecule has 0 saturated carbocycles. The summed E-state index contributed by atoms with van der Waals surface area (Å²) in [4.78, 5) is 2.30. The Morgan fingerprint density at radius 1 is 1.38 bits per heavy atom. The van der Waals surface area contributed by atoms with Gasteiger partial charge in [0.05, 0.1) is 0 Å².